The Kier molecular flexibility index (Phi) is 3.19. The molecule has 0 unspecified atom stereocenters. The van der Waals surface area contributed by atoms with E-state index in [2.05, 4.69) is 19.7 Å². The highest BCUT2D eigenvalue weighted by molar-refractivity contribution is 7.98. The van der Waals surface area contributed by atoms with E-state index in [0.29, 0.717) is 0 Å². The molecule has 2 aromatic rings. The maximum atomic E-state index is 5.87. The Bertz CT molecular complexity index is 551. The maximum Gasteiger partial charge on any atom is 0.143 e. The molecule has 0 radical (unpaired) electrons. The summed E-state index contributed by atoms with van der Waals surface area (Å²) >= 11 is 1.69. The Morgan fingerprint density at radius 3 is 3.17 bits per heavy atom. The van der Waals surface area contributed by atoms with Gasteiger partial charge in [0.05, 0.1) is 17.6 Å². The summed E-state index contributed by atoms with van der Waals surface area (Å²) in [4.78, 5) is 5.04. The molecule has 3 rings (SSSR count). The molecule has 0 aliphatic carbocycles. The van der Waals surface area contributed by atoms with E-state index in [1.54, 1.807) is 24.2 Å². The fraction of sp³-hybridized carbons (Fsp3) is 0.417. The van der Waals surface area contributed by atoms with E-state index < -0.39 is 0 Å². The minimum atomic E-state index is 0.723. The fourth-order valence-electron chi connectivity index (χ4n) is 2.14. The summed E-state index contributed by atoms with van der Waals surface area (Å²) in [6.45, 7) is 1.05. The lowest BCUT2D eigenvalue weighted by Gasteiger charge is -2.14. The van der Waals surface area contributed by atoms with Gasteiger partial charge in [0.2, 0.25) is 0 Å². The summed E-state index contributed by atoms with van der Waals surface area (Å²) in [6.07, 6.45) is 6.94. The quantitative estimate of drug-likeness (QED) is 0.854. The molecule has 1 aliphatic rings. The molecule has 0 aromatic carbocycles. The van der Waals surface area contributed by atoms with Gasteiger partial charge < -0.3 is 10.3 Å². The van der Waals surface area contributed by atoms with Crippen LogP contribution in [-0.2, 0) is 18.7 Å². The van der Waals surface area contributed by atoms with Crippen LogP contribution in [0.15, 0.2) is 23.4 Å². The van der Waals surface area contributed by atoms with E-state index in [0.717, 1.165) is 41.0 Å². The van der Waals surface area contributed by atoms with Crippen molar-refractivity contribution in [1.29, 1.82) is 0 Å². The van der Waals surface area contributed by atoms with Crippen molar-refractivity contribution in [2.24, 2.45) is 0 Å². The number of nitrogen functional groups attached to an aromatic ring is 1. The summed E-state index contributed by atoms with van der Waals surface area (Å²) in [5, 5.41) is 8.53. The second-order valence-electron chi connectivity index (χ2n) is 4.34. The van der Waals surface area contributed by atoms with Crippen molar-refractivity contribution in [2.45, 2.75) is 36.5 Å². The van der Waals surface area contributed by atoms with Gasteiger partial charge in [-0.3, -0.25) is 4.98 Å². The molecule has 2 aromatic heterocycles. The molecule has 0 fully saturated rings. The van der Waals surface area contributed by atoms with Crippen LogP contribution in [0.25, 0.3) is 0 Å². The SMILES string of the molecule is Nc1cnccc1SCc1nnc2n1CCCC2. The standard InChI is InChI=1S/C12H15N5S/c13-9-7-14-5-4-10(9)18-8-12-16-15-11-3-1-2-6-17(11)12/h4-5,7H,1-3,6,8,13H2. The van der Waals surface area contributed by atoms with Gasteiger partial charge in [-0.1, -0.05) is 0 Å². The van der Waals surface area contributed by atoms with Gasteiger partial charge in [-0.25, -0.2) is 0 Å². The van der Waals surface area contributed by atoms with Gasteiger partial charge in [-0.05, 0) is 18.9 Å². The highest BCUT2D eigenvalue weighted by Crippen LogP contribution is 2.27. The van der Waals surface area contributed by atoms with Crippen molar-refractivity contribution in [3.8, 4) is 0 Å². The first-order valence-corrected chi connectivity index (χ1v) is 7.06. The number of nitrogens with zero attached hydrogens (tertiary/aromatic N) is 4. The number of anilines is 1. The average Bonchev–Trinajstić information content (AvgIpc) is 2.81. The fourth-order valence-corrected chi connectivity index (χ4v) is 3.02. The highest BCUT2D eigenvalue weighted by atomic mass is 32.2. The van der Waals surface area contributed by atoms with Crippen LogP contribution in [0.4, 0.5) is 5.69 Å². The molecular formula is C12H15N5S. The second kappa shape index (κ2) is 4.97. The summed E-state index contributed by atoms with van der Waals surface area (Å²) in [6, 6.07) is 1.94. The van der Waals surface area contributed by atoms with Gasteiger partial charge in [-0.15, -0.1) is 22.0 Å². The number of fused-ring (bicyclic) bond motifs is 1. The van der Waals surface area contributed by atoms with Gasteiger partial charge >= 0.3 is 0 Å². The Balaban J connectivity index is 1.74. The van der Waals surface area contributed by atoms with Gasteiger partial charge in [0.1, 0.15) is 11.6 Å². The van der Waals surface area contributed by atoms with Crippen LogP contribution in [0.2, 0.25) is 0 Å². The lowest BCUT2D eigenvalue weighted by atomic mass is 10.2. The molecule has 0 bridgehead atoms. The Morgan fingerprint density at radius 2 is 2.28 bits per heavy atom. The number of pyridine rings is 1. The van der Waals surface area contributed by atoms with Gasteiger partial charge in [0.15, 0.2) is 0 Å². The lowest BCUT2D eigenvalue weighted by Crippen LogP contribution is -2.12. The summed E-state index contributed by atoms with van der Waals surface area (Å²) in [5.41, 5.74) is 6.59. The predicted molar refractivity (Wildman–Crippen MR) is 71.2 cm³/mol. The maximum absolute atomic E-state index is 5.87. The molecule has 94 valence electrons. The molecule has 6 heteroatoms. The van der Waals surface area contributed by atoms with Crippen molar-refractivity contribution in [1.82, 2.24) is 19.7 Å². The molecule has 0 spiro atoms. The minimum Gasteiger partial charge on any atom is -0.397 e. The van der Waals surface area contributed by atoms with Gasteiger partial charge in [0, 0.05) is 24.1 Å². The Labute approximate surface area is 110 Å². The molecule has 2 N–H and O–H groups in total. The predicted octanol–water partition coefficient (Wildman–Crippen LogP) is 1.88. The van der Waals surface area contributed by atoms with Gasteiger partial charge in [-0.2, -0.15) is 0 Å². The van der Waals surface area contributed by atoms with Crippen molar-refractivity contribution >= 4 is 17.4 Å². The zero-order chi connectivity index (χ0) is 12.4. The summed E-state index contributed by atoms with van der Waals surface area (Å²) in [5.74, 6) is 2.98. The zero-order valence-electron chi connectivity index (χ0n) is 10.0. The van der Waals surface area contributed by atoms with Crippen LogP contribution in [0.1, 0.15) is 24.5 Å². The smallest absolute Gasteiger partial charge is 0.143 e. The van der Waals surface area contributed by atoms with Crippen LogP contribution in [0, 0.1) is 0 Å². The molecule has 1 aliphatic heterocycles. The largest absolute Gasteiger partial charge is 0.397 e. The number of hydrogen-bond donors (Lipinski definition) is 1. The van der Waals surface area contributed by atoms with Crippen molar-refractivity contribution in [2.75, 3.05) is 5.73 Å². The topological polar surface area (TPSA) is 69.6 Å². The van der Waals surface area contributed by atoms with Crippen molar-refractivity contribution < 1.29 is 0 Å². The molecule has 0 amide bonds. The van der Waals surface area contributed by atoms with E-state index in [9.17, 15) is 0 Å². The summed E-state index contributed by atoms with van der Waals surface area (Å²) in [7, 11) is 0. The third-order valence-corrected chi connectivity index (χ3v) is 4.19. The normalized spacial score (nSPS) is 14.4. The zero-order valence-corrected chi connectivity index (χ0v) is 10.9. The molecular weight excluding hydrogens is 246 g/mol. The van der Waals surface area contributed by atoms with Crippen LogP contribution in [0.3, 0.4) is 0 Å². The van der Waals surface area contributed by atoms with Crippen LogP contribution in [0.5, 0.6) is 0 Å². The van der Waals surface area contributed by atoms with Crippen LogP contribution in [-0.4, -0.2) is 19.7 Å². The lowest BCUT2D eigenvalue weighted by molar-refractivity contribution is 0.513. The number of nitrogens with two attached hydrogens (primary N) is 1. The molecule has 5 nitrogen and oxygen atoms in total. The number of rotatable bonds is 3. The molecule has 0 saturated carbocycles. The van der Waals surface area contributed by atoms with E-state index in [1.165, 1.54) is 12.8 Å². The Morgan fingerprint density at radius 1 is 1.33 bits per heavy atom. The highest BCUT2D eigenvalue weighted by Gasteiger charge is 2.15. The number of aromatic nitrogens is 4. The average molecular weight is 261 g/mol. The van der Waals surface area contributed by atoms with Crippen molar-refractivity contribution in [3.63, 3.8) is 0 Å². The Hall–Kier alpha value is -1.56. The van der Waals surface area contributed by atoms with Crippen LogP contribution < -0.4 is 5.73 Å². The third-order valence-electron chi connectivity index (χ3n) is 3.10. The molecule has 18 heavy (non-hydrogen) atoms. The first-order valence-electron chi connectivity index (χ1n) is 6.08. The van der Waals surface area contributed by atoms with Crippen molar-refractivity contribution in [3.05, 3.63) is 30.1 Å². The minimum absolute atomic E-state index is 0.723. The third kappa shape index (κ3) is 2.20. The first-order chi connectivity index (χ1) is 8.84. The van der Waals surface area contributed by atoms with E-state index >= 15 is 0 Å². The molecule has 3 heterocycles. The first kappa shape index (κ1) is 11.5. The number of hydrogen-bond acceptors (Lipinski definition) is 5. The number of aryl methyl sites for hydroxylation is 1. The van der Waals surface area contributed by atoms with E-state index in [-0.39, 0.29) is 0 Å². The molecule has 0 atom stereocenters. The van der Waals surface area contributed by atoms with Crippen LogP contribution >= 0.6 is 11.8 Å². The summed E-state index contributed by atoms with van der Waals surface area (Å²) < 4.78 is 2.24. The molecule has 0 saturated heterocycles. The van der Waals surface area contributed by atoms with E-state index in [4.69, 9.17) is 5.73 Å². The number of thioether (sulfide) groups is 1. The van der Waals surface area contributed by atoms with E-state index in [1.807, 2.05) is 6.07 Å². The second-order valence-corrected chi connectivity index (χ2v) is 5.36. The monoisotopic (exact) mass is 261 g/mol. The van der Waals surface area contributed by atoms with Gasteiger partial charge in [0.25, 0.3) is 0 Å².